The molecule has 0 atom stereocenters. The number of ether oxygens (including phenoxy) is 1. The number of rotatable bonds is 5. The lowest BCUT2D eigenvalue weighted by molar-refractivity contribution is 0.0696. The molecule has 7 heteroatoms. The minimum Gasteiger partial charge on any atom is -0.381 e. The second kappa shape index (κ2) is 8.80. The lowest BCUT2D eigenvalue weighted by Gasteiger charge is -2.23. The van der Waals surface area contributed by atoms with Gasteiger partial charge < -0.3 is 19.1 Å². The van der Waals surface area contributed by atoms with E-state index in [1.165, 1.54) is 0 Å². The van der Waals surface area contributed by atoms with Crippen LogP contribution in [-0.4, -0.2) is 39.9 Å². The van der Waals surface area contributed by atoms with E-state index in [2.05, 4.69) is 15.5 Å². The number of carbonyl (C=O) groups is 1. The van der Waals surface area contributed by atoms with E-state index in [-0.39, 0.29) is 11.9 Å². The molecule has 32 heavy (non-hydrogen) atoms. The summed E-state index contributed by atoms with van der Waals surface area (Å²) in [5, 5.41) is 7.40. The van der Waals surface area contributed by atoms with Gasteiger partial charge in [0, 0.05) is 31.0 Å². The van der Waals surface area contributed by atoms with Gasteiger partial charge in [0.15, 0.2) is 0 Å². The number of hydrogen-bond acceptors (Lipinski definition) is 5. The number of benzene rings is 2. The SMILES string of the molecule is Cc1onc(-c2ccccc2)c1-c1cn(-c2ccccc2C(=O)NC2CCOCC2)cn1. The van der Waals surface area contributed by atoms with Crippen LogP contribution in [0.25, 0.3) is 28.2 Å². The van der Waals surface area contributed by atoms with E-state index >= 15 is 0 Å². The average Bonchev–Trinajstić information content (AvgIpc) is 3.47. The fourth-order valence-corrected chi connectivity index (χ4v) is 4.05. The van der Waals surface area contributed by atoms with E-state index in [0.29, 0.717) is 24.5 Å². The number of para-hydroxylation sites is 1. The van der Waals surface area contributed by atoms with Crippen LogP contribution in [0.3, 0.4) is 0 Å². The number of carbonyl (C=O) groups excluding carboxylic acids is 1. The van der Waals surface area contributed by atoms with E-state index in [1.54, 1.807) is 6.33 Å². The molecule has 0 saturated carbocycles. The second-order valence-corrected chi connectivity index (χ2v) is 7.87. The standard InChI is InChI=1S/C25H24N4O3/c1-17-23(24(28-32-17)18-7-3-2-4-8-18)21-15-29(16-26-21)22-10-6-5-9-20(22)25(30)27-19-11-13-31-14-12-19/h2-10,15-16,19H,11-14H2,1H3,(H,27,30). The Balaban J connectivity index is 1.47. The smallest absolute Gasteiger partial charge is 0.253 e. The molecule has 4 aromatic rings. The highest BCUT2D eigenvalue weighted by Crippen LogP contribution is 2.33. The molecule has 1 aliphatic rings. The summed E-state index contributed by atoms with van der Waals surface area (Å²) in [5.74, 6) is 0.605. The van der Waals surface area contributed by atoms with E-state index in [0.717, 1.165) is 41.0 Å². The summed E-state index contributed by atoms with van der Waals surface area (Å²) in [6.45, 7) is 3.24. The van der Waals surface area contributed by atoms with Gasteiger partial charge in [-0.3, -0.25) is 4.79 Å². The number of aromatic nitrogens is 3. The Morgan fingerprint density at radius 1 is 1.06 bits per heavy atom. The summed E-state index contributed by atoms with van der Waals surface area (Å²) in [7, 11) is 0. The maximum Gasteiger partial charge on any atom is 0.253 e. The van der Waals surface area contributed by atoms with Crippen molar-refractivity contribution in [1.29, 1.82) is 0 Å². The number of nitrogens with zero attached hydrogens (tertiary/aromatic N) is 3. The van der Waals surface area contributed by atoms with E-state index in [1.807, 2.05) is 72.3 Å². The highest BCUT2D eigenvalue weighted by molar-refractivity contribution is 5.98. The van der Waals surface area contributed by atoms with Gasteiger partial charge in [0.1, 0.15) is 11.5 Å². The maximum atomic E-state index is 13.0. The lowest BCUT2D eigenvalue weighted by Crippen LogP contribution is -2.39. The first-order chi connectivity index (χ1) is 15.7. The van der Waals surface area contributed by atoms with Gasteiger partial charge in [0.05, 0.1) is 28.8 Å². The molecule has 0 radical (unpaired) electrons. The minimum absolute atomic E-state index is 0.0890. The molecular weight excluding hydrogens is 404 g/mol. The van der Waals surface area contributed by atoms with Crippen molar-refractivity contribution in [3.63, 3.8) is 0 Å². The predicted octanol–water partition coefficient (Wildman–Crippen LogP) is 4.41. The van der Waals surface area contributed by atoms with Gasteiger partial charge in [-0.05, 0) is 31.9 Å². The summed E-state index contributed by atoms with van der Waals surface area (Å²) in [6, 6.07) is 17.6. The third-order valence-corrected chi connectivity index (χ3v) is 5.73. The Morgan fingerprint density at radius 3 is 2.62 bits per heavy atom. The molecule has 1 aliphatic heterocycles. The van der Waals surface area contributed by atoms with Gasteiger partial charge in [-0.25, -0.2) is 4.98 Å². The van der Waals surface area contributed by atoms with Gasteiger partial charge in [-0.2, -0.15) is 0 Å². The Bertz CT molecular complexity index is 1220. The molecule has 3 heterocycles. The second-order valence-electron chi connectivity index (χ2n) is 7.87. The Kier molecular flexibility index (Phi) is 5.56. The van der Waals surface area contributed by atoms with Crippen molar-refractivity contribution in [2.75, 3.05) is 13.2 Å². The Hall–Kier alpha value is -3.71. The summed E-state index contributed by atoms with van der Waals surface area (Å²) >= 11 is 0. The van der Waals surface area contributed by atoms with E-state index < -0.39 is 0 Å². The lowest BCUT2D eigenvalue weighted by atomic mass is 10.0. The number of imidazole rings is 1. The van der Waals surface area contributed by atoms with Crippen LogP contribution in [0.4, 0.5) is 0 Å². The van der Waals surface area contributed by atoms with E-state index in [9.17, 15) is 4.79 Å². The fourth-order valence-electron chi connectivity index (χ4n) is 4.05. The normalized spacial score (nSPS) is 14.4. The quantitative estimate of drug-likeness (QED) is 0.509. The number of hydrogen-bond donors (Lipinski definition) is 1. The zero-order valence-corrected chi connectivity index (χ0v) is 17.8. The summed E-state index contributed by atoms with van der Waals surface area (Å²) in [5.41, 5.74) is 4.67. The van der Waals surface area contributed by atoms with Crippen LogP contribution < -0.4 is 5.32 Å². The van der Waals surface area contributed by atoms with Crippen LogP contribution in [-0.2, 0) is 4.74 Å². The van der Waals surface area contributed by atoms with Crippen molar-refractivity contribution >= 4 is 5.91 Å². The predicted molar refractivity (Wildman–Crippen MR) is 121 cm³/mol. The van der Waals surface area contributed by atoms with Crippen LogP contribution in [0.15, 0.2) is 71.6 Å². The van der Waals surface area contributed by atoms with Gasteiger partial charge in [-0.15, -0.1) is 0 Å². The molecule has 1 fully saturated rings. The fraction of sp³-hybridized carbons (Fsp3) is 0.240. The molecular formula is C25H24N4O3. The minimum atomic E-state index is -0.0890. The van der Waals surface area contributed by atoms with Crippen molar-refractivity contribution in [2.45, 2.75) is 25.8 Å². The third-order valence-electron chi connectivity index (χ3n) is 5.73. The van der Waals surface area contributed by atoms with Crippen molar-refractivity contribution in [2.24, 2.45) is 0 Å². The zero-order valence-electron chi connectivity index (χ0n) is 17.8. The van der Waals surface area contributed by atoms with Crippen LogP contribution in [0, 0.1) is 6.92 Å². The summed E-state index contributed by atoms with van der Waals surface area (Å²) in [6.07, 6.45) is 5.29. The first-order valence-corrected chi connectivity index (χ1v) is 10.7. The van der Waals surface area contributed by atoms with Gasteiger partial charge in [0.25, 0.3) is 5.91 Å². The number of aryl methyl sites for hydroxylation is 1. The largest absolute Gasteiger partial charge is 0.381 e. The van der Waals surface area contributed by atoms with Crippen molar-refractivity contribution in [1.82, 2.24) is 20.0 Å². The third kappa shape index (κ3) is 3.94. The van der Waals surface area contributed by atoms with Gasteiger partial charge >= 0.3 is 0 Å². The molecule has 1 amide bonds. The molecule has 5 rings (SSSR count). The van der Waals surface area contributed by atoms with Crippen molar-refractivity contribution in [3.8, 4) is 28.2 Å². The summed E-state index contributed by atoms with van der Waals surface area (Å²) < 4.78 is 12.8. The number of amides is 1. The molecule has 7 nitrogen and oxygen atoms in total. The van der Waals surface area contributed by atoms with Crippen LogP contribution >= 0.6 is 0 Å². The first-order valence-electron chi connectivity index (χ1n) is 10.7. The summed E-state index contributed by atoms with van der Waals surface area (Å²) in [4.78, 5) is 17.6. The van der Waals surface area contributed by atoms with Crippen LogP contribution in [0.2, 0.25) is 0 Å². The Labute approximate surface area is 186 Å². The van der Waals surface area contributed by atoms with Gasteiger partial charge in [-0.1, -0.05) is 47.6 Å². The first kappa shape index (κ1) is 20.2. The maximum absolute atomic E-state index is 13.0. The number of nitrogens with one attached hydrogen (secondary N) is 1. The monoisotopic (exact) mass is 428 g/mol. The molecule has 0 aliphatic carbocycles. The topological polar surface area (TPSA) is 82.2 Å². The highest BCUT2D eigenvalue weighted by Gasteiger charge is 2.21. The molecule has 1 saturated heterocycles. The Morgan fingerprint density at radius 2 is 1.81 bits per heavy atom. The van der Waals surface area contributed by atoms with E-state index in [4.69, 9.17) is 9.26 Å². The molecule has 2 aromatic carbocycles. The molecule has 0 bridgehead atoms. The van der Waals surface area contributed by atoms with Crippen LogP contribution in [0.1, 0.15) is 29.0 Å². The molecule has 162 valence electrons. The molecule has 2 aromatic heterocycles. The van der Waals surface area contributed by atoms with Crippen LogP contribution in [0.5, 0.6) is 0 Å². The zero-order chi connectivity index (χ0) is 21.9. The van der Waals surface area contributed by atoms with Crippen molar-refractivity contribution in [3.05, 3.63) is 78.4 Å². The van der Waals surface area contributed by atoms with Crippen molar-refractivity contribution < 1.29 is 14.1 Å². The molecule has 0 unspecified atom stereocenters. The highest BCUT2D eigenvalue weighted by atomic mass is 16.5. The molecule has 1 N–H and O–H groups in total. The molecule has 0 spiro atoms. The van der Waals surface area contributed by atoms with Gasteiger partial charge in [0.2, 0.25) is 0 Å². The average molecular weight is 428 g/mol.